The predicted molar refractivity (Wildman–Crippen MR) is 84.4 cm³/mol. The Morgan fingerprint density at radius 3 is 1.84 bits per heavy atom. The lowest BCUT2D eigenvalue weighted by molar-refractivity contribution is 0.427. The molecule has 0 aromatic carbocycles. The lowest BCUT2D eigenvalue weighted by Gasteiger charge is -2.18. The van der Waals surface area contributed by atoms with Crippen molar-refractivity contribution in [2.24, 2.45) is 0 Å². The SMILES string of the molecule is CCCCCC(CCCCC)NCCS(=O)(=O)CC. The van der Waals surface area contributed by atoms with E-state index in [1.807, 2.05) is 0 Å². The molecule has 0 heterocycles. The van der Waals surface area contributed by atoms with Crippen LogP contribution in [0.2, 0.25) is 0 Å². The summed E-state index contributed by atoms with van der Waals surface area (Å²) in [7, 11) is -2.83. The molecule has 0 aromatic heterocycles. The second-order valence-electron chi connectivity index (χ2n) is 5.38. The Morgan fingerprint density at radius 1 is 0.895 bits per heavy atom. The smallest absolute Gasteiger partial charge is 0.151 e. The van der Waals surface area contributed by atoms with Gasteiger partial charge in [0.15, 0.2) is 9.84 Å². The second kappa shape index (κ2) is 11.7. The van der Waals surface area contributed by atoms with Crippen molar-refractivity contribution in [3.8, 4) is 0 Å². The molecule has 0 aromatic rings. The molecule has 116 valence electrons. The van der Waals surface area contributed by atoms with Crippen LogP contribution >= 0.6 is 0 Å². The Morgan fingerprint density at radius 2 is 1.42 bits per heavy atom. The van der Waals surface area contributed by atoms with Crippen LogP contribution in [0.4, 0.5) is 0 Å². The van der Waals surface area contributed by atoms with Crippen molar-refractivity contribution >= 4 is 9.84 Å². The van der Waals surface area contributed by atoms with Gasteiger partial charge in [-0.3, -0.25) is 0 Å². The van der Waals surface area contributed by atoms with Gasteiger partial charge in [0.25, 0.3) is 0 Å². The largest absolute Gasteiger partial charge is 0.313 e. The molecule has 0 spiro atoms. The van der Waals surface area contributed by atoms with Crippen molar-refractivity contribution in [2.45, 2.75) is 78.2 Å². The Hall–Kier alpha value is -0.0900. The van der Waals surface area contributed by atoms with Gasteiger partial charge >= 0.3 is 0 Å². The van der Waals surface area contributed by atoms with E-state index in [-0.39, 0.29) is 11.5 Å². The quantitative estimate of drug-likeness (QED) is 0.528. The zero-order valence-electron chi connectivity index (χ0n) is 13.1. The van der Waals surface area contributed by atoms with Gasteiger partial charge < -0.3 is 5.32 Å². The van der Waals surface area contributed by atoms with Gasteiger partial charge in [-0.1, -0.05) is 59.3 Å². The first-order valence-electron chi connectivity index (χ1n) is 7.99. The van der Waals surface area contributed by atoms with E-state index in [2.05, 4.69) is 19.2 Å². The summed E-state index contributed by atoms with van der Waals surface area (Å²) < 4.78 is 22.9. The predicted octanol–water partition coefficient (Wildman–Crippen LogP) is 3.54. The molecule has 0 saturated carbocycles. The third-order valence-corrected chi connectivity index (χ3v) is 5.30. The number of hydrogen-bond acceptors (Lipinski definition) is 3. The second-order valence-corrected chi connectivity index (χ2v) is 7.85. The van der Waals surface area contributed by atoms with Crippen molar-refractivity contribution in [1.29, 1.82) is 0 Å². The van der Waals surface area contributed by atoms with Crippen LogP contribution in [0.1, 0.15) is 72.1 Å². The number of unbranched alkanes of at least 4 members (excludes halogenated alkanes) is 4. The summed E-state index contributed by atoms with van der Waals surface area (Å²) in [6, 6.07) is 0.505. The first-order valence-corrected chi connectivity index (χ1v) is 9.81. The van der Waals surface area contributed by atoms with Gasteiger partial charge in [-0.2, -0.15) is 0 Å². The van der Waals surface area contributed by atoms with Gasteiger partial charge in [0.2, 0.25) is 0 Å². The van der Waals surface area contributed by atoms with Crippen molar-refractivity contribution < 1.29 is 8.42 Å². The fraction of sp³-hybridized carbons (Fsp3) is 1.00. The van der Waals surface area contributed by atoms with E-state index in [1.54, 1.807) is 6.92 Å². The molecule has 0 amide bonds. The third kappa shape index (κ3) is 11.4. The fourth-order valence-corrected chi connectivity index (χ4v) is 2.91. The summed E-state index contributed by atoms with van der Waals surface area (Å²) in [5, 5.41) is 3.45. The summed E-state index contributed by atoms with van der Waals surface area (Å²) in [4.78, 5) is 0. The van der Waals surface area contributed by atoms with Gasteiger partial charge in [0.05, 0.1) is 5.75 Å². The minimum atomic E-state index is -2.83. The van der Waals surface area contributed by atoms with Crippen LogP contribution in [0.3, 0.4) is 0 Å². The zero-order chi connectivity index (χ0) is 14.6. The topological polar surface area (TPSA) is 46.2 Å². The third-order valence-electron chi connectivity index (χ3n) is 3.60. The maximum Gasteiger partial charge on any atom is 0.151 e. The zero-order valence-corrected chi connectivity index (χ0v) is 13.9. The van der Waals surface area contributed by atoms with E-state index in [0.717, 1.165) is 0 Å². The van der Waals surface area contributed by atoms with Crippen molar-refractivity contribution in [2.75, 3.05) is 18.1 Å². The summed E-state index contributed by atoms with van der Waals surface area (Å²) in [5.74, 6) is 0.534. The summed E-state index contributed by atoms with van der Waals surface area (Å²) >= 11 is 0. The molecular formula is C15H33NO2S. The summed E-state index contributed by atoms with van der Waals surface area (Å²) in [6.07, 6.45) is 9.91. The minimum absolute atomic E-state index is 0.255. The lowest BCUT2D eigenvalue weighted by atomic mass is 10.0. The number of nitrogens with one attached hydrogen (secondary N) is 1. The molecule has 1 N–H and O–H groups in total. The van der Waals surface area contributed by atoms with E-state index in [4.69, 9.17) is 0 Å². The van der Waals surface area contributed by atoms with Crippen LogP contribution in [0.5, 0.6) is 0 Å². The van der Waals surface area contributed by atoms with E-state index in [0.29, 0.717) is 12.6 Å². The Kier molecular flexibility index (Phi) is 11.7. The molecule has 0 bridgehead atoms. The van der Waals surface area contributed by atoms with E-state index in [9.17, 15) is 8.42 Å². The van der Waals surface area contributed by atoms with E-state index >= 15 is 0 Å². The monoisotopic (exact) mass is 291 g/mol. The van der Waals surface area contributed by atoms with Gasteiger partial charge in [0, 0.05) is 18.3 Å². The van der Waals surface area contributed by atoms with Crippen molar-refractivity contribution in [1.82, 2.24) is 5.32 Å². The van der Waals surface area contributed by atoms with Gasteiger partial charge in [-0.05, 0) is 12.8 Å². The average Bonchev–Trinajstić information content (AvgIpc) is 2.38. The molecule has 0 aliphatic rings. The molecule has 0 aliphatic carbocycles. The molecule has 3 nitrogen and oxygen atoms in total. The fourth-order valence-electron chi connectivity index (χ4n) is 2.19. The highest BCUT2D eigenvalue weighted by Crippen LogP contribution is 2.11. The summed E-state index contributed by atoms with van der Waals surface area (Å²) in [5.41, 5.74) is 0. The molecule has 0 unspecified atom stereocenters. The maximum absolute atomic E-state index is 11.5. The van der Waals surface area contributed by atoms with Gasteiger partial charge in [0.1, 0.15) is 0 Å². The molecule has 0 rings (SSSR count). The average molecular weight is 292 g/mol. The molecule has 0 saturated heterocycles. The molecule has 19 heavy (non-hydrogen) atoms. The molecule has 0 atom stereocenters. The van der Waals surface area contributed by atoms with Gasteiger partial charge in [-0.25, -0.2) is 8.42 Å². The van der Waals surface area contributed by atoms with E-state index < -0.39 is 9.84 Å². The van der Waals surface area contributed by atoms with Crippen molar-refractivity contribution in [3.63, 3.8) is 0 Å². The maximum atomic E-state index is 11.5. The highest BCUT2D eigenvalue weighted by atomic mass is 32.2. The molecule has 0 aliphatic heterocycles. The minimum Gasteiger partial charge on any atom is -0.313 e. The number of rotatable bonds is 13. The molecule has 0 radical (unpaired) electrons. The van der Waals surface area contributed by atoms with Gasteiger partial charge in [-0.15, -0.1) is 0 Å². The Balaban J connectivity index is 3.95. The van der Waals surface area contributed by atoms with E-state index in [1.165, 1.54) is 51.4 Å². The Labute approximate surface area is 120 Å². The normalized spacial score (nSPS) is 12.2. The van der Waals surface area contributed by atoms with Crippen LogP contribution in [-0.2, 0) is 9.84 Å². The number of hydrogen-bond donors (Lipinski definition) is 1. The van der Waals surface area contributed by atoms with Crippen LogP contribution in [0, 0.1) is 0 Å². The first-order chi connectivity index (χ1) is 9.05. The van der Waals surface area contributed by atoms with Crippen LogP contribution in [0.15, 0.2) is 0 Å². The van der Waals surface area contributed by atoms with Crippen LogP contribution < -0.4 is 5.32 Å². The van der Waals surface area contributed by atoms with Crippen molar-refractivity contribution in [3.05, 3.63) is 0 Å². The highest BCUT2D eigenvalue weighted by molar-refractivity contribution is 7.91. The molecule has 4 heteroatoms. The standard InChI is InChI=1S/C15H33NO2S/c1-4-7-9-11-15(12-10-8-5-2)16-13-14-19(17,18)6-3/h15-16H,4-14H2,1-3H3. The van der Waals surface area contributed by atoms with Crippen LogP contribution in [-0.4, -0.2) is 32.5 Å². The van der Waals surface area contributed by atoms with Crippen LogP contribution in [0.25, 0.3) is 0 Å². The molecular weight excluding hydrogens is 258 g/mol. The Bertz CT molecular complexity index is 279. The number of sulfone groups is 1. The molecule has 0 fully saturated rings. The highest BCUT2D eigenvalue weighted by Gasteiger charge is 2.11. The lowest BCUT2D eigenvalue weighted by Crippen LogP contribution is -2.33. The summed E-state index contributed by atoms with van der Waals surface area (Å²) in [6.45, 7) is 6.76. The first kappa shape index (κ1) is 18.9.